The first kappa shape index (κ1) is 15.8. The number of carbonyl (C=O) groups is 1. The summed E-state index contributed by atoms with van der Waals surface area (Å²) in [6.07, 6.45) is 0. The number of rotatable bonds is 6. The molecule has 0 unspecified atom stereocenters. The van der Waals surface area contributed by atoms with Crippen LogP contribution in [0.3, 0.4) is 0 Å². The lowest BCUT2D eigenvalue weighted by Crippen LogP contribution is -2.47. The molecule has 0 aromatic rings. The average Bonchev–Trinajstić information content (AvgIpc) is 2.14. The van der Waals surface area contributed by atoms with Crippen molar-refractivity contribution in [1.82, 2.24) is 10.6 Å². The van der Waals surface area contributed by atoms with E-state index in [1.807, 2.05) is 11.8 Å². The van der Waals surface area contributed by atoms with Gasteiger partial charge in [-0.1, -0.05) is 34.6 Å². The highest BCUT2D eigenvalue weighted by atomic mass is 32.2. The fourth-order valence-corrected chi connectivity index (χ4v) is 2.19. The molecule has 3 nitrogen and oxygen atoms in total. The monoisotopic (exact) mass is 246 g/mol. The van der Waals surface area contributed by atoms with Gasteiger partial charge in [0.15, 0.2) is 0 Å². The van der Waals surface area contributed by atoms with Crippen molar-refractivity contribution in [3.63, 3.8) is 0 Å². The van der Waals surface area contributed by atoms with Crippen molar-refractivity contribution >= 4 is 17.7 Å². The molecule has 0 spiro atoms. The second-order valence-corrected chi connectivity index (χ2v) is 7.17. The van der Waals surface area contributed by atoms with E-state index in [0.717, 1.165) is 12.3 Å². The predicted molar refractivity (Wildman–Crippen MR) is 72.9 cm³/mol. The Balaban J connectivity index is 3.91. The maximum Gasteiger partial charge on any atom is 0.237 e. The van der Waals surface area contributed by atoms with Crippen LogP contribution in [0.25, 0.3) is 0 Å². The minimum absolute atomic E-state index is 0.0782. The topological polar surface area (TPSA) is 41.1 Å². The molecule has 0 rings (SSSR count). The smallest absolute Gasteiger partial charge is 0.237 e. The Morgan fingerprint density at radius 2 is 1.88 bits per heavy atom. The molecule has 0 radical (unpaired) electrons. The van der Waals surface area contributed by atoms with Gasteiger partial charge in [-0.05, 0) is 5.92 Å². The molecule has 0 fully saturated rings. The summed E-state index contributed by atoms with van der Waals surface area (Å²) in [5.41, 5.74) is 0. The Kier molecular flexibility index (Phi) is 7.07. The van der Waals surface area contributed by atoms with E-state index in [9.17, 15) is 4.79 Å². The first-order chi connectivity index (χ1) is 7.28. The number of thioether (sulfide) groups is 1. The van der Waals surface area contributed by atoms with E-state index in [2.05, 4.69) is 45.3 Å². The van der Waals surface area contributed by atoms with E-state index in [4.69, 9.17) is 0 Å². The van der Waals surface area contributed by atoms with Gasteiger partial charge in [-0.3, -0.25) is 4.79 Å². The molecule has 1 amide bonds. The lowest BCUT2D eigenvalue weighted by molar-refractivity contribution is -0.123. The van der Waals surface area contributed by atoms with Crippen molar-refractivity contribution in [1.29, 1.82) is 0 Å². The number of amides is 1. The van der Waals surface area contributed by atoms with Crippen LogP contribution in [0.15, 0.2) is 0 Å². The van der Waals surface area contributed by atoms with Gasteiger partial charge in [0.25, 0.3) is 0 Å². The standard InChI is InChI=1S/C12H26N2OS/c1-9(2)10(11(15)13-6)14-7-8-16-12(3,4)5/h9-10,14H,7-8H2,1-6H3,(H,13,15)/t10-/m1/s1. The molecule has 0 bridgehead atoms. The normalized spacial score (nSPS) is 13.9. The molecule has 0 saturated heterocycles. The molecule has 0 aliphatic heterocycles. The largest absolute Gasteiger partial charge is 0.358 e. The predicted octanol–water partition coefficient (Wildman–Crippen LogP) is 1.88. The zero-order chi connectivity index (χ0) is 12.8. The minimum Gasteiger partial charge on any atom is -0.358 e. The summed E-state index contributed by atoms with van der Waals surface area (Å²) in [6.45, 7) is 11.6. The molecule has 0 aliphatic carbocycles. The molecule has 0 heterocycles. The summed E-state index contributed by atoms with van der Waals surface area (Å²) >= 11 is 1.91. The molecule has 0 aliphatic rings. The van der Waals surface area contributed by atoms with Crippen LogP contribution in [0.5, 0.6) is 0 Å². The molecule has 16 heavy (non-hydrogen) atoms. The van der Waals surface area contributed by atoms with Gasteiger partial charge in [-0.25, -0.2) is 0 Å². The number of likely N-dealkylation sites (N-methyl/N-ethyl adjacent to an activating group) is 1. The Bertz CT molecular complexity index is 212. The van der Waals surface area contributed by atoms with Gasteiger partial charge in [0.1, 0.15) is 0 Å². The van der Waals surface area contributed by atoms with E-state index in [-0.39, 0.29) is 11.9 Å². The quantitative estimate of drug-likeness (QED) is 0.703. The van der Waals surface area contributed by atoms with Gasteiger partial charge in [-0.15, -0.1) is 0 Å². The van der Waals surface area contributed by atoms with E-state index in [1.54, 1.807) is 7.05 Å². The van der Waals surface area contributed by atoms with E-state index in [1.165, 1.54) is 0 Å². The van der Waals surface area contributed by atoms with Crippen molar-refractivity contribution < 1.29 is 4.79 Å². The van der Waals surface area contributed by atoms with Crippen molar-refractivity contribution in [2.45, 2.75) is 45.4 Å². The minimum atomic E-state index is -0.0782. The van der Waals surface area contributed by atoms with Crippen LogP contribution >= 0.6 is 11.8 Å². The summed E-state index contributed by atoms with van der Waals surface area (Å²) in [4.78, 5) is 11.6. The van der Waals surface area contributed by atoms with Crippen molar-refractivity contribution in [3.8, 4) is 0 Å². The van der Waals surface area contributed by atoms with E-state index < -0.39 is 0 Å². The number of hydrogen-bond donors (Lipinski definition) is 2. The van der Waals surface area contributed by atoms with Gasteiger partial charge in [-0.2, -0.15) is 11.8 Å². The van der Waals surface area contributed by atoms with Crippen LogP contribution in [0.4, 0.5) is 0 Å². The Hall–Kier alpha value is -0.220. The van der Waals surface area contributed by atoms with Crippen LogP contribution in [0.2, 0.25) is 0 Å². The van der Waals surface area contributed by atoms with Gasteiger partial charge in [0.2, 0.25) is 5.91 Å². The number of carbonyl (C=O) groups excluding carboxylic acids is 1. The third-order valence-electron chi connectivity index (χ3n) is 2.20. The second-order valence-electron chi connectivity index (χ2n) is 5.25. The maximum absolute atomic E-state index is 11.6. The molecular formula is C12H26N2OS. The van der Waals surface area contributed by atoms with Crippen LogP contribution < -0.4 is 10.6 Å². The van der Waals surface area contributed by atoms with Gasteiger partial charge >= 0.3 is 0 Å². The van der Waals surface area contributed by atoms with Gasteiger partial charge in [0.05, 0.1) is 6.04 Å². The van der Waals surface area contributed by atoms with Gasteiger partial charge < -0.3 is 10.6 Å². The Morgan fingerprint density at radius 3 is 2.25 bits per heavy atom. The average molecular weight is 246 g/mol. The lowest BCUT2D eigenvalue weighted by Gasteiger charge is -2.22. The van der Waals surface area contributed by atoms with Crippen LogP contribution in [0, 0.1) is 5.92 Å². The second kappa shape index (κ2) is 7.17. The summed E-state index contributed by atoms with van der Waals surface area (Å²) in [7, 11) is 1.68. The summed E-state index contributed by atoms with van der Waals surface area (Å²) in [5, 5.41) is 6.00. The molecule has 1 atom stereocenters. The highest BCUT2D eigenvalue weighted by Crippen LogP contribution is 2.22. The molecule has 2 N–H and O–H groups in total. The molecule has 0 aromatic carbocycles. The maximum atomic E-state index is 11.6. The SMILES string of the molecule is CNC(=O)[C@H](NCCSC(C)(C)C)C(C)C. The van der Waals surface area contributed by atoms with Crippen molar-refractivity contribution in [3.05, 3.63) is 0 Å². The highest BCUT2D eigenvalue weighted by Gasteiger charge is 2.20. The zero-order valence-corrected chi connectivity index (χ0v) is 12.2. The Morgan fingerprint density at radius 1 is 1.31 bits per heavy atom. The summed E-state index contributed by atoms with van der Waals surface area (Å²) in [6, 6.07) is -0.0782. The third-order valence-corrected chi connectivity index (χ3v) is 3.47. The van der Waals surface area contributed by atoms with E-state index >= 15 is 0 Å². The molecular weight excluding hydrogens is 220 g/mol. The van der Waals surface area contributed by atoms with Crippen LogP contribution in [-0.2, 0) is 4.79 Å². The van der Waals surface area contributed by atoms with Crippen LogP contribution in [0.1, 0.15) is 34.6 Å². The first-order valence-corrected chi connectivity index (χ1v) is 6.85. The molecule has 96 valence electrons. The first-order valence-electron chi connectivity index (χ1n) is 5.87. The number of nitrogens with one attached hydrogen (secondary N) is 2. The summed E-state index contributed by atoms with van der Waals surface area (Å²) in [5.74, 6) is 1.43. The van der Waals surface area contributed by atoms with Crippen molar-refractivity contribution in [2.75, 3.05) is 19.3 Å². The Labute approximate surface area is 104 Å². The van der Waals surface area contributed by atoms with E-state index in [0.29, 0.717) is 10.7 Å². The fraction of sp³-hybridized carbons (Fsp3) is 0.917. The third kappa shape index (κ3) is 7.12. The summed E-state index contributed by atoms with van der Waals surface area (Å²) < 4.78 is 0.294. The van der Waals surface area contributed by atoms with Crippen LogP contribution in [-0.4, -0.2) is 36.0 Å². The highest BCUT2D eigenvalue weighted by molar-refractivity contribution is 8.00. The molecule has 0 aromatic heterocycles. The fourth-order valence-electron chi connectivity index (χ4n) is 1.36. The molecule has 0 saturated carbocycles. The van der Waals surface area contributed by atoms with Crippen molar-refractivity contribution in [2.24, 2.45) is 5.92 Å². The van der Waals surface area contributed by atoms with Gasteiger partial charge in [0, 0.05) is 24.1 Å². The lowest BCUT2D eigenvalue weighted by atomic mass is 10.0. The molecule has 4 heteroatoms. The zero-order valence-electron chi connectivity index (χ0n) is 11.4. The number of hydrogen-bond acceptors (Lipinski definition) is 3.